The van der Waals surface area contributed by atoms with Crippen LogP contribution in [0.2, 0.25) is 0 Å². The average molecular weight is 366 g/mol. The van der Waals surface area contributed by atoms with E-state index in [0.717, 1.165) is 11.3 Å². The van der Waals surface area contributed by atoms with Crippen LogP contribution in [0.5, 0.6) is 0 Å². The Morgan fingerprint density at radius 1 is 1.38 bits per heavy atom. The van der Waals surface area contributed by atoms with Gasteiger partial charge in [-0.15, -0.1) is 0 Å². The van der Waals surface area contributed by atoms with E-state index in [0.29, 0.717) is 23.5 Å². The number of fused-ring (bicyclic) bond motifs is 1. The second-order valence-electron chi connectivity index (χ2n) is 6.33. The lowest BCUT2D eigenvalue weighted by molar-refractivity contribution is -0.380. The van der Waals surface area contributed by atoms with Crippen molar-refractivity contribution in [3.63, 3.8) is 0 Å². The number of thiophene rings is 1. The Kier molecular flexibility index (Phi) is 4.25. The van der Waals surface area contributed by atoms with E-state index in [2.05, 4.69) is 0 Å². The molecule has 0 spiro atoms. The van der Waals surface area contributed by atoms with E-state index < -0.39 is 16.3 Å². The van der Waals surface area contributed by atoms with Crippen LogP contribution in [0.4, 0.5) is 5.00 Å². The number of nitro groups is 1. The molecule has 1 aromatic rings. The third-order valence-electron chi connectivity index (χ3n) is 4.95. The standard InChI is InChI=1S/C17H14N6O2S/c1-22-5-4-10-11(6-18)16(21)17(8-19,9-20)15(12(10)7-22)13-2-3-14(26-13)23(24)25/h2-4,12,15H,5,7,21H2,1H3/t12-,15-/m0/s1. The van der Waals surface area contributed by atoms with Gasteiger partial charge in [-0.05, 0) is 18.7 Å². The van der Waals surface area contributed by atoms with Gasteiger partial charge in [-0.3, -0.25) is 10.1 Å². The number of hydrogen-bond donors (Lipinski definition) is 1. The van der Waals surface area contributed by atoms with Crippen LogP contribution < -0.4 is 5.73 Å². The third-order valence-corrected chi connectivity index (χ3v) is 6.07. The Bertz CT molecular complexity index is 957. The highest BCUT2D eigenvalue weighted by Crippen LogP contribution is 2.55. The summed E-state index contributed by atoms with van der Waals surface area (Å²) in [5.41, 5.74) is 5.22. The lowest BCUT2D eigenvalue weighted by atomic mass is 9.59. The number of rotatable bonds is 2. The van der Waals surface area contributed by atoms with Crippen LogP contribution in [-0.2, 0) is 0 Å². The maximum absolute atomic E-state index is 11.1. The van der Waals surface area contributed by atoms with E-state index in [4.69, 9.17) is 5.73 Å². The summed E-state index contributed by atoms with van der Waals surface area (Å²) in [4.78, 5) is 13.1. The molecular formula is C17H14N6O2S. The van der Waals surface area contributed by atoms with Crippen LogP contribution in [0.1, 0.15) is 10.8 Å². The van der Waals surface area contributed by atoms with E-state index in [-0.39, 0.29) is 22.2 Å². The molecule has 1 aromatic heterocycles. The first-order valence-corrected chi connectivity index (χ1v) is 8.57. The molecule has 0 unspecified atom stereocenters. The van der Waals surface area contributed by atoms with Crippen molar-refractivity contribution in [3.05, 3.63) is 50.0 Å². The van der Waals surface area contributed by atoms with E-state index in [1.54, 1.807) is 6.07 Å². The van der Waals surface area contributed by atoms with Gasteiger partial charge in [0.15, 0.2) is 5.41 Å². The summed E-state index contributed by atoms with van der Waals surface area (Å²) in [6.45, 7) is 1.14. The number of hydrogen-bond acceptors (Lipinski definition) is 8. The van der Waals surface area contributed by atoms with Crippen molar-refractivity contribution in [1.82, 2.24) is 4.90 Å². The molecule has 1 aliphatic heterocycles. The van der Waals surface area contributed by atoms with E-state index in [1.807, 2.05) is 36.2 Å². The molecule has 0 fully saturated rings. The summed E-state index contributed by atoms with van der Waals surface area (Å²) in [5.74, 6) is -1.00. The van der Waals surface area contributed by atoms with Gasteiger partial charge in [0, 0.05) is 35.9 Å². The zero-order valence-electron chi connectivity index (χ0n) is 13.8. The molecule has 3 rings (SSSR count). The topological polar surface area (TPSA) is 144 Å². The van der Waals surface area contributed by atoms with Crippen molar-refractivity contribution in [3.8, 4) is 18.2 Å². The largest absolute Gasteiger partial charge is 0.399 e. The van der Waals surface area contributed by atoms with Gasteiger partial charge in [0.2, 0.25) is 0 Å². The summed E-state index contributed by atoms with van der Waals surface area (Å²) in [6.07, 6.45) is 1.88. The highest BCUT2D eigenvalue weighted by Gasteiger charge is 2.55. The average Bonchev–Trinajstić information content (AvgIpc) is 3.11. The zero-order chi connectivity index (χ0) is 19.1. The fraction of sp³-hybridized carbons (Fsp3) is 0.353. The monoisotopic (exact) mass is 366 g/mol. The lowest BCUT2D eigenvalue weighted by Gasteiger charge is -2.44. The number of nitrogens with zero attached hydrogens (tertiary/aromatic N) is 5. The van der Waals surface area contributed by atoms with Gasteiger partial charge in [-0.25, -0.2) is 0 Å². The molecule has 0 aromatic carbocycles. The Labute approximate surface area is 153 Å². The van der Waals surface area contributed by atoms with Gasteiger partial charge in [-0.1, -0.05) is 17.4 Å². The van der Waals surface area contributed by atoms with Gasteiger partial charge in [0.05, 0.1) is 28.3 Å². The van der Waals surface area contributed by atoms with Crippen LogP contribution in [0.15, 0.2) is 35.1 Å². The minimum atomic E-state index is -1.75. The lowest BCUT2D eigenvalue weighted by Crippen LogP contribution is -2.47. The molecule has 9 heteroatoms. The maximum atomic E-state index is 11.1. The predicted molar refractivity (Wildman–Crippen MR) is 93.3 cm³/mol. The van der Waals surface area contributed by atoms with Crippen molar-refractivity contribution in [2.75, 3.05) is 20.1 Å². The normalized spacial score (nSPS) is 24.6. The quantitative estimate of drug-likeness (QED) is 0.622. The molecule has 0 saturated carbocycles. The highest BCUT2D eigenvalue weighted by atomic mass is 32.1. The van der Waals surface area contributed by atoms with Crippen LogP contribution in [-0.4, -0.2) is 30.0 Å². The molecule has 2 heterocycles. The predicted octanol–water partition coefficient (Wildman–Crippen LogP) is 2.01. The third kappa shape index (κ3) is 2.36. The van der Waals surface area contributed by atoms with Crippen LogP contribution >= 0.6 is 11.3 Å². The molecule has 0 bridgehead atoms. The van der Waals surface area contributed by atoms with Crippen molar-refractivity contribution in [2.24, 2.45) is 17.1 Å². The summed E-state index contributed by atoms with van der Waals surface area (Å²) >= 11 is 0.940. The summed E-state index contributed by atoms with van der Waals surface area (Å²) in [7, 11) is 1.90. The van der Waals surface area contributed by atoms with E-state index in [9.17, 15) is 25.9 Å². The summed E-state index contributed by atoms with van der Waals surface area (Å²) in [6, 6.07) is 9.02. The SMILES string of the molecule is CN1CC=C2C(C#N)=C(N)C(C#N)(C#N)[C@H](c3ccc([N+](=O)[O-])s3)[C@H]2C1. The second kappa shape index (κ2) is 6.27. The maximum Gasteiger partial charge on any atom is 0.324 e. The first-order valence-electron chi connectivity index (χ1n) is 7.75. The first-order chi connectivity index (χ1) is 12.4. The number of nitrogens with two attached hydrogens (primary N) is 1. The molecule has 2 N–H and O–H groups in total. The van der Waals surface area contributed by atoms with Gasteiger partial charge >= 0.3 is 5.00 Å². The fourth-order valence-electron chi connectivity index (χ4n) is 3.74. The minimum absolute atomic E-state index is 0.0619. The van der Waals surface area contributed by atoms with Crippen molar-refractivity contribution < 1.29 is 4.92 Å². The summed E-state index contributed by atoms with van der Waals surface area (Å²) in [5, 5.41) is 40.3. The number of allylic oxidation sites excluding steroid dienone is 2. The molecule has 1 aliphatic carbocycles. The molecule has 0 amide bonds. The summed E-state index contributed by atoms with van der Waals surface area (Å²) < 4.78 is 0. The van der Waals surface area contributed by atoms with Gasteiger partial charge in [0.25, 0.3) is 0 Å². The van der Waals surface area contributed by atoms with Crippen molar-refractivity contribution in [2.45, 2.75) is 5.92 Å². The molecule has 2 atom stereocenters. The fourth-order valence-corrected chi connectivity index (χ4v) is 4.79. The Morgan fingerprint density at radius 2 is 2.08 bits per heavy atom. The van der Waals surface area contributed by atoms with Crippen LogP contribution in [0, 0.1) is 55.4 Å². The molecule has 26 heavy (non-hydrogen) atoms. The van der Waals surface area contributed by atoms with Gasteiger partial charge in [0.1, 0.15) is 6.07 Å². The highest BCUT2D eigenvalue weighted by molar-refractivity contribution is 7.15. The van der Waals surface area contributed by atoms with Crippen LogP contribution in [0.3, 0.4) is 0 Å². The van der Waals surface area contributed by atoms with Crippen molar-refractivity contribution >= 4 is 16.3 Å². The van der Waals surface area contributed by atoms with Gasteiger partial charge < -0.3 is 10.6 Å². The Morgan fingerprint density at radius 3 is 2.62 bits per heavy atom. The molecule has 130 valence electrons. The molecule has 8 nitrogen and oxygen atoms in total. The molecular weight excluding hydrogens is 352 g/mol. The number of likely N-dealkylation sites (N-methyl/N-ethyl adjacent to an activating group) is 1. The Hall–Kier alpha value is -3.19. The zero-order valence-corrected chi connectivity index (χ0v) is 14.7. The van der Waals surface area contributed by atoms with E-state index in [1.165, 1.54) is 6.07 Å². The molecule has 0 saturated heterocycles. The van der Waals surface area contributed by atoms with Crippen molar-refractivity contribution in [1.29, 1.82) is 15.8 Å². The number of nitriles is 3. The smallest absolute Gasteiger partial charge is 0.324 e. The van der Waals surface area contributed by atoms with Gasteiger partial charge in [-0.2, -0.15) is 15.8 Å². The van der Waals surface area contributed by atoms with E-state index >= 15 is 0 Å². The molecule has 2 aliphatic rings. The Balaban J connectivity index is 2.30. The molecule has 0 radical (unpaired) electrons. The first kappa shape index (κ1) is 17.6. The van der Waals surface area contributed by atoms with Crippen LogP contribution in [0.25, 0.3) is 0 Å². The second-order valence-corrected chi connectivity index (χ2v) is 7.42. The minimum Gasteiger partial charge on any atom is -0.399 e.